The standard InChI is InChI=1S/C30H26N2O5/c1-17-21-8-5-19(22-14-20(30(31)33)7-10-26(22)34-2)13-18(21)6-9-25(17)37-27-11-12-32-24-16-29(36-4)28(35-3)15-23(24)27/h5-16H,1-4H3,(H2,31,33). The van der Waals surface area contributed by atoms with Gasteiger partial charge in [0.1, 0.15) is 17.2 Å². The number of hydrogen-bond donors (Lipinski definition) is 1. The number of carbonyl (C=O) groups is 1. The van der Waals surface area contributed by atoms with E-state index in [9.17, 15) is 4.79 Å². The fourth-order valence-electron chi connectivity index (χ4n) is 4.49. The van der Waals surface area contributed by atoms with Crippen molar-refractivity contribution in [2.75, 3.05) is 21.3 Å². The van der Waals surface area contributed by atoms with Gasteiger partial charge in [0.05, 0.1) is 26.8 Å². The van der Waals surface area contributed by atoms with Crippen LogP contribution >= 0.6 is 0 Å². The molecule has 0 spiro atoms. The Hall–Kier alpha value is -4.78. The van der Waals surface area contributed by atoms with Gasteiger partial charge in [-0.2, -0.15) is 0 Å². The summed E-state index contributed by atoms with van der Waals surface area (Å²) in [7, 11) is 4.80. The van der Waals surface area contributed by atoms with Crippen LogP contribution in [0.4, 0.5) is 0 Å². The SMILES string of the molecule is COc1cc2nccc(Oc3ccc4cc(-c5cc(C(N)=O)ccc5OC)ccc4c3C)c2cc1OC. The summed E-state index contributed by atoms with van der Waals surface area (Å²) in [5.74, 6) is 2.79. The molecule has 0 atom stereocenters. The van der Waals surface area contributed by atoms with Crippen molar-refractivity contribution in [1.29, 1.82) is 0 Å². The van der Waals surface area contributed by atoms with Crippen LogP contribution in [-0.2, 0) is 0 Å². The number of carbonyl (C=O) groups excluding carboxylic acids is 1. The highest BCUT2D eigenvalue weighted by Gasteiger charge is 2.15. The Morgan fingerprint density at radius 1 is 0.730 bits per heavy atom. The van der Waals surface area contributed by atoms with Gasteiger partial charge in [-0.05, 0) is 71.3 Å². The monoisotopic (exact) mass is 494 g/mol. The van der Waals surface area contributed by atoms with Crippen molar-refractivity contribution < 1.29 is 23.7 Å². The summed E-state index contributed by atoms with van der Waals surface area (Å²) in [6, 6.07) is 20.8. The lowest BCUT2D eigenvalue weighted by molar-refractivity contribution is 0.100. The number of aromatic nitrogens is 1. The molecule has 4 aromatic carbocycles. The maximum Gasteiger partial charge on any atom is 0.248 e. The fraction of sp³-hybridized carbons (Fsp3) is 0.133. The van der Waals surface area contributed by atoms with Gasteiger partial charge >= 0.3 is 0 Å². The number of nitrogens with zero attached hydrogens (tertiary/aromatic N) is 1. The number of nitrogens with two attached hydrogens (primary N) is 1. The maximum absolute atomic E-state index is 11.7. The second kappa shape index (κ2) is 9.70. The molecule has 186 valence electrons. The minimum absolute atomic E-state index is 0.426. The second-order valence-corrected chi connectivity index (χ2v) is 8.54. The normalized spacial score (nSPS) is 10.9. The Bertz CT molecular complexity index is 1660. The zero-order chi connectivity index (χ0) is 26.1. The van der Waals surface area contributed by atoms with Crippen LogP contribution in [0.15, 0.2) is 72.9 Å². The molecule has 0 fully saturated rings. The summed E-state index contributed by atoms with van der Waals surface area (Å²) < 4.78 is 22.8. The topological polar surface area (TPSA) is 92.9 Å². The number of ether oxygens (including phenoxy) is 4. The van der Waals surface area contributed by atoms with Crippen molar-refractivity contribution in [2.24, 2.45) is 5.73 Å². The molecule has 1 aromatic heterocycles. The molecule has 0 saturated carbocycles. The van der Waals surface area contributed by atoms with Crippen molar-refractivity contribution in [3.8, 4) is 39.9 Å². The van der Waals surface area contributed by atoms with Crippen LogP contribution in [-0.4, -0.2) is 32.2 Å². The molecule has 1 amide bonds. The molecule has 0 bridgehead atoms. The number of methoxy groups -OCH3 is 3. The van der Waals surface area contributed by atoms with Crippen LogP contribution < -0.4 is 24.7 Å². The van der Waals surface area contributed by atoms with E-state index in [2.05, 4.69) is 11.1 Å². The van der Waals surface area contributed by atoms with Gasteiger partial charge in [-0.25, -0.2) is 0 Å². The summed E-state index contributed by atoms with van der Waals surface area (Å²) in [4.78, 5) is 16.2. The Morgan fingerprint density at radius 2 is 1.46 bits per heavy atom. The van der Waals surface area contributed by atoms with Gasteiger partial charge < -0.3 is 24.7 Å². The number of rotatable bonds is 7. The molecule has 1 heterocycles. The van der Waals surface area contributed by atoms with Crippen LogP contribution in [0.25, 0.3) is 32.8 Å². The third-order valence-electron chi connectivity index (χ3n) is 6.46. The largest absolute Gasteiger partial charge is 0.496 e. The van der Waals surface area contributed by atoms with Gasteiger partial charge in [-0.3, -0.25) is 9.78 Å². The van der Waals surface area contributed by atoms with E-state index in [4.69, 9.17) is 24.7 Å². The number of pyridine rings is 1. The minimum atomic E-state index is -0.484. The number of hydrogen-bond acceptors (Lipinski definition) is 6. The quantitative estimate of drug-likeness (QED) is 0.286. The molecule has 7 nitrogen and oxygen atoms in total. The molecule has 0 radical (unpaired) electrons. The molecule has 0 aliphatic rings. The summed E-state index contributed by atoms with van der Waals surface area (Å²) in [5.41, 5.74) is 9.37. The van der Waals surface area contributed by atoms with E-state index in [1.165, 1.54) is 0 Å². The van der Waals surface area contributed by atoms with Gasteiger partial charge in [0.2, 0.25) is 5.91 Å². The Balaban J connectivity index is 1.55. The van der Waals surface area contributed by atoms with E-state index in [1.54, 1.807) is 45.7 Å². The Morgan fingerprint density at radius 3 is 2.19 bits per heavy atom. The summed E-state index contributed by atoms with van der Waals surface area (Å²) in [6.07, 6.45) is 1.71. The number of aryl methyl sites for hydroxylation is 1. The van der Waals surface area contributed by atoms with Crippen molar-refractivity contribution >= 4 is 27.6 Å². The zero-order valence-electron chi connectivity index (χ0n) is 21.0. The van der Waals surface area contributed by atoms with E-state index >= 15 is 0 Å². The van der Waals surface area contributed by atoms with Crippen LogP contribution in [0.3, 0.4) is 0 Å². The first-order valence-corrected chi connectivity index (χ1v) is 11.6. The molecule has 0 saturated heterocycles. The number of primary amides is 1. The summed E-state index contributed by atoms with van der Waals surface area (Å²) >= 11 is 0. The lowest BCUT2D eigenvalue weighted by Crippen LogP contribution is -2.10. The highest BCUT2D eigenvalue weighted by molar-refractivity contribution is 5.96. The third kappa shape index (κ3) is 4.36. The number of amides is 1. The Kier molecular flexibility index (Phi) is 6.27. The molecule has 7 heteroatoms. The van der Waals surface area contributed by atoms with Gasteiger partial charge in [0.25, 0.3) is 0 Å². The van der Waals surface area contributed by atoms with Gasteiger partial charge in [-0.1, -0.05) is 18.2 Å². The molecular weight excluding hydrogens is 468 g/mol. The molecule has 5 rings (SSSR count). The van der Waals surface area contributed by atoms with Crippen LogP contribution in [0, 0.1) is 6.92 Å². The van der Waals surface area contributed by atoms with E-state index in [0.29, 0.717) is 28.6 Å². The summed E-state index contributed by atoms with van der Waals surface area (Å²) in [5, 5.41) is 2.89. The molecule has 2 N–H and O–H groups in total. The highest BCUT2D eigenvalue weighted by Crippen LogP contribution is 2.39. The molecule has 37 heavy (non-hydrogen) atoms. The van der Waals surface area contributed by atoms with Crippen molar-refractivity contribution in [1.82, 2.24) is 4.98 Å². The van der Waals surface area contributed by atoms with E-state index in [-0.39, 0.29) is 0 Å². The average Bonchev–Trinajstić information content (AvgIpc) is 2.93. The lowest BCUT2D eigenvalue weighted by atomic mass is 9.96. The van der Waals surface area contributed by atoms with Crippen molar-refractivity contribution in [3.05, 3.63) is 84.1 Å². The molecule has 5 aromatic rings. The fourth-order valence-corrected chi connectivity index (χ4v) is 4.49. The van der Waals surface area contributed by atoms with E-state index < -0.39 is 5.91 Å². The van der Waals surface area contributed by atoms with Crippen LogP contribution in [0.2, 0.25) is 0 Å². The van der Waals surface area contributed by atoms with Gasteiger partial charge in [0.15, 0.2) is 11.5 Å². The van der Waals surface area contributed by atoms with Crippen LogP contribution in [0.5, 0.6) is 28.7 Å². The van der Waals surface area contributed by atoms with Crippen molar-refractivity contribution in [3.63, 3.8) is 0 Å². The minimum Gasteiger partial charge on any atom is -0.496 e. The molecule has 0 aliphatic heterocycles. The van der Waals surface area contributed by atoms with Gasteiger partial charge in [-0.15, -0.1) is 0 Å². The third-order valence-corrected chi connectivity index (χ3v) is 6.46. The second-order valence-electron chi connectivity index (χ2n) is 8.54. The smallest absolute Gasteiger partial charge is 0.248 e. The molecular formula is C30H26N2O5. The summed E-state index contributed by atoms with van der Waals surface area (Å²) in [6.45, 7) is 2.03. The Labute approximate surface area is 214 Å². The molecule has 0 aliphatic carbocycles. The van der Waals surface area contributed by atoms with Gasteiger partial charge in [0, 0.05) is 28.8 Å². The first kappa shape index (κ1) is 23.9. The number of benzene rings is 4. The van der Waals surface area contributed by atoms with Crippen molar-refractivity contribution in [2.45, 2.75) is 6.92 Å². The number of fused-ring (bicyclic) bond motifs is 2. The molecule has 0 unspecified atom stereocenters. The van der Waals surface area contributed by atoms with Crippen LogP contribution in [0.1, 0.15) is 15.9 Å². The first-order valence-electron chi connectivity index (χ1n) is 11.6. The lowest BCUT2D eigenvalue weighted by Gasteiger charge is -2.15. The maximum atomic E-state index is 11.7. The van der Waals surface area contributed by atoms with E-state index in [0.717, 1.165) is 44.1 Å². The predicted molar refractivity (Wildman–Crippen MR) is 144 cm³/mol. The predicted octanol–water partition coefficient (Wildman–Crippen LogP) is 6.28. The average molecular weight is 495 g/mol. The highest BCUT2D eigenvalue weighted by atomic mass is 16.5. The zero-order valence-corrected chi connectivity index (χ0v) is 21.0. The first-order chi connectivity index (χ1) is 17.9. The van der Waals surface area contributed by atoms with E-state index in [1.807, 2.05) is 49.4 Å².